The van der Waals surface area contributed by atoms with Gasteiger partial charge in [0.25, 0.3) is 0 Å². The summed E-state index contributed by atoms with van der Waals surface area (Å²) in [6.07, 6.45) is 2.03. The molecular weight excluding hydrogens is 417 g/mol. The van der Waals surface area contributed by atoms with Crippen molar-refractivity contribution in [3.63, 3.8) is 0 Å². The van der Waals surface area contributed by atoms with Crippen LogP contribution in [0.2, 0.25) is 0 Å². The van der Waals surface area contributed by atoms with Crippen LogP contribution < -0.4 is 0 Å². The van der Waals surface area contributed by atoms with Crippen molar-refractivity contribution in [3.05, 3.63) is 76.5 Å². The molecule has 2 atom stereocenters. The third-order valence-corrected chi connectivity index (χ3v) is 5.66. The van der Waals surface area contributed by atoms with Crippen molar-refractivity contribution in [1.82, 2.24) is 9.88 Å². The number of rotatable bonds is 5. The Kier molecular flexibility index (Phi) is 5.29. The molecule has 0 saturated carbocycles. The summed E-state index contributed by atoms with van der Waals surface area (Å²) in [7, 11) is 0. The van der Waals surface area contributed by atoms with E-state index in [1.54, 1.807) is 4.90 Å². The zero-order valence-electron chi connectivity index (χ0n) is 19.0. The average Bonchev–Trinajstić information content (AvgIpc) is 3.08. The monoisotopic (exact) mass is 443 g/mol. The third kappa shape index (κ3) is 4.17. The molecule has 1 aliphatic rings. The first-order valence-electron chi connectivity index (χ1n) is 10.9. The van der Waals surface area contributed by atoms with Crippen molar-refractivity contribution >= 4 is 22.9 Å². The molecule has 32 heavy (non-hydrogen) atoms. The van der Waals surface area contributed by atoms with Crippen LogP contribution in [-0.4, -0.2) is 39.2 Å². The van der Waals surface area contributed by atoms with Crippen molar-refractivity contribution in [3.8, 4) is 0 Å². The highest BCUT2D eigenvalue weighted by molar-refractivity contribution is 5.86. The van der Waals surface area contributed by atoms with E-state index in [4.69, 9.17) is 5.11 Å². The Labute approximate surface area is 185 Å². The van der Waals surface area contributed by atoms with Gasteiger partial charge in [0, 0.05) is 40.8 Å². The van der Waals surface area contributed by atoms with Gasteiger partial charge in [-0.15, -0.1) is 0 Å². The Hall–Kier alpha value is -3.06. The number of hydrogen-bond donors (Lipinski definition) is 2. The molecular formula is C25H25F3N2O2. The number of aliphatic carboxylic acids is 1. The van der Waals surface area contributed by atoms with Gasteiger partial charge >= 0.3 is 5.97 Å². The molecule has 0 radical (unpaired) electrons. The second kappa shape index (κ2) is 8.13. The number of aromatic nitrogens is 1. The molecule has 0 unspecified atom stereocenters. The van der Waals surface area contributed by atoms with Crippen LogP contribution >= 0.6 is 0 Å². The van der Waals surface area contributed by atoms with Crippen molar-refractivity contribution in [2.45, 2.75) is 44.9 Å². The van der Waals surface area contributed by atoms with Crippen molar-refractivity contribution in [1.29, 1.82) is 0 Å². The summed E-state index contributed by atoms with van der Waals surface area (Å²) in [5.74, 6) is -3.33. The van der Waals surface area contributed by atoms with Crippen LogP contribution in [0.5, 0.6) is 0 Å². The minimum atomic E-state index is -1.80. The normalized spacial score (nSPS) is 22.3. The Morgan fingerprint density at radius 2 is 1.97 bits per heavy atom. The molecule has 1 aromatic heterocycles. The van der Waals surface area contributed by atoms with Crippen LogP contribution in [0, 0.1) is 11.6 Å². The van der Waals surface area contributed by atoms with E-state index in [1.165, 1.54) is 13.8 Å². The van der Waals surface area contributed by atoms with Gasteiger partial charge in [-0.05, 0) is 62.6 Å². The van der Waals surface area contributed by atoms with Gasteiger partial charge in [-0.3, -0.25) is 4.90 Å². The number of carbonyl (C=O) groups is 1. The Balaban J connectivity index is 1.97. The second-order valence-corrected chi connectivity index (χ2v) is 8.80. The number of fused-ring (bicyclic) bond motifs is 3. The largest absolute Gasteiger partial charge is 0.478 e. The van der Waals surface area contributed by atoms with E-state index >= 15 is 0 Å². The first kappa shape index (κ1) is 20.8. The molecule has 1 aliphatic heterocycles. The Morgan fingerprint density at radius 1 is 1.31 bits per heavy atom. The number of nitrogens with one attached hydrogen (secondary N) is 1. The van der Waals surface area contributed by atoms with E-state index in [2.05, 4.69) is 4.98 Å². The van der Waals surface area contributed by atoms with Crippen molar-refractivity contribution < 1.29 is 24.4 Å². The Morgan fingerprint density at radius 3 is 2.59 bits per heavy atom. The fourth-order valence-corrected chi connectivity index (χ4v) is 4.37. The molecule has 0 spiro atoms. The number of hydrogen-bond acceptors (Lipinski definition) is 2. The lowest BCUT2D eigenvalue weighted by atomic mass is 9.87. The maximum Gasteiger partial charge on any atom is 0.328 e. The van der Waals surface area contributed by atoms with Gasteiger partial charge in [0.2, 0.25) is 0 Å². The Bertz CT molecular complexity index is 1240. The number of aromatic amines is 1. The smallest absolute Gasteiger partial charge is 0.328 e. The summed E-state index contributed by atoms with van der Waals surface area (Å²) in [6.45, 7) is 4.55. The van der Waals surface area contributed by atoms with E-state index in [9.17, 15) is 19.3 Å². The predicted molar refractivity (Wildman–Crippen MR) is 118 cm³/mol. The second-order valence-electron chi connectivity index (χ2n) is 8.80. The molecule has 2 heterocycles. The first-order valence-corrected chi connectivity index (χ1v) is 10.4. The summed E-state index contributed by atoms with van der Waals surface area (Å²) in [5.41, 5.74) is -0.0906. The topological polar surface area (TPSA) is 56.3 Å². The van der Waals surface area contributed by atoms with Gasteiger partial charge in [0.05, 0.1) is 7.39 Å². The van der Waals surface area contributed by atoms with E-state index in [0.29, 0.717) is 18.2 Å². The number of H-pyrrole nitrogens is 1. The third-order valence-electron chi connectivity index (χ3n) is 5.66. The van der Waals surface area contributed by atoms with E-state index in [0.717, 1.165) is 34.7 Å². The summed E-state index contributed by atoms with van der Waals surface area (Å²) in [6, 6.07) is 7.49. The van der Waals surface area contributed by atoms with E-state index in [-0.39, 0.29) is 18.2 Å². The average molecular weight is 443 g/mol. The zero-order chi connectivity index (χ0) is 24.1. The van der Waals surface area contributed by atoms with Crippen LogP contribution in [-0.2, 0) is 11.2 Å². The molecule has 168 valence electrons. The van der Waals surface area contributed by atoms with Gasteiger partial charge in [0.1, 0.15) is 17.3 Å². The number of carboxylic acids is 1. The number of halogens is 3. The van der Waals surface area contributed by atoms with Crippen molar-refractivity contribution in [2.75, 3.05) is 6.54 Å². The van der Waals surface area contributed by atoms with Crippen LogP contribution in [0.25, 0.3) is 17.0 Å². The van der Waals surface area contributed by atoms with Crippen LogP contribution in [0.4, 0.5) is 13.2 Å². The van der Waals surface area contributed by atoms with Gasteiger partial charge in [0.15, 0.2) is 0 Å². The fourth-order valence-electron chi connectivity index (χ4n) is 4.37. The summed E-state index contributed by atoms with van der Waals surface area (Å²) >= 11 is 0. The molecule has 0 aliphatic carbocycles. The van der Waals surface area contributed by atoms with Crippen molar-refractivity contribution in [2.24, 2.45) is 0 Å². The number of para-hydroxylation sites is 1. The lowest BCUT2D eigenvalue weighted by molar-refractivity contribution is -0.131. The molecule has 7 heteroatoms. The maximum absolute atomic E-state index is 15.0. The van der Waals surface area contributed by atoms with Gasteiger partial charge in [-0.2, -0.15) is 0 Å². The number of nitrogens with zero attached hydrogens (tertiary/aromatic N) is 1. The predicted octanol–water partition coefficient (Wildman–Crippen LogP) is 5.63. The molecule has 0 amide bonds. The highest BCUT2D eigenvalue weighted by atomic mass is 19.1. The van der Waals surface area contributed by atoms with Crippen LogP contribution in [0.15, 0.2) is 42.5 Å². The van der Waals surface area contributed by atoms with Gasteiger partial charge < -0.3 is 10.1 Å². The molecule has 4 rings (SSSR count). The van der Waals surface area contributed by atoms with Gasteiger partial charge in [-0.1, -0.05) is 18.2 Å². The molecule has 0 bridgehead atoms. The number of alkyl halides is 1. The zero-order valence-corrected chi connectivity index (χ0v) is 18.0. The SMILES string of the molecule is [2H][C@@]1(c2cc(F)c(/C=C/C(=O)O)c(F)c2)c2[nH]c3ccccc3c2C[C@@H](C)N1CC(C)(C)F. The quantitative estimate of drug-likeness (QED) is 0.503. The van der Waals surface area contributed by atoms with Gasteiger partial charge in [-0.25, -0.2) is 18.0 Å². The molecule has 3 aromatic rings. The summed E-state index contributed by atoms with van der Waals surface area (Å²) < 4.78 is 54.3. The minimum absolute atomic E-state index is 0.00594. The van der Waals surface area contributed by atoms with Crippen LogP contribution in [0.1, 0.15) is 50.5 Å². The highest BCUT2D eigenvalue weighted by Gasteiger charge is 2.39. The fraction of sp³-hybridized carbons (Fsp3) is 0.320. The minimum Gasteiger partial charge on any atom is -0.478 e. The summed E-state index contributed by atoms with van der Waals surface area (Å²) in [5, 5.41) is 9.71. The number of carboxylic acid groups (broad SMARTS) is 1. The molecule has 4 nitrogen and oxygen atoms in total. The number of benzene rings is 2. The molecule has 2 N–H and O–H groups in total. The van der Waals surface area contributed by atoms with E-state index < -0.39 is 34.9 Å². The van der Waals surface area contributed by atoms with E-state index in [1.807, 2.05) is 31.2 Å². The highest BCUT2D eigenvalue weighted by Crippen LogP contribution is 2.42. The maximum atomic E-state index is 15.0. The lowest BCUT2D eigenvalue weighted by Gasteiger charge is -2.43. The summed E-state index contributed by atoms with van der Waals surface area (Å²) in [4.78, 5) is 15.7. The first-order chi connectivity index (χ1) is 15.4. The molecule has 0 fully saturated rings. The standard InChI is InChI=1S/C25H25F3N2O2/c1-14-10-18-16-6-4-5-7-21(16)29-23(18)24(30(14)13-25(2,3)28)15-11-19(26)17(20(27)12-15)8-9-22(31)32/h4-9,11-12,14,24,29H,10,13H2,1-3H3,(H,31,32)/b9-8+/t14-,24-/m1/s1/i24D. The lowest BCUT2D eigenvalue weighted by Crippen LogP contribution is -2.47. The van der Waals surface area contributed by atoms with Crippen LogP contribution in [0.3, 0.4) is 0 Å². The molecule has 2 aromatic carbocycles. The molecule has 0 saturated heterocycles.